The van der Waals surface area contributed by atoms with Crippen molar-refractivity contribution in [1.29, 1.82) is 0 Å². The van der Waals surface area contributed by atoms with Gasteiger partial charge in [0.25, 0.3) is 11.8 Å². The van der Waals surface area contributed by atoms with E-state index in [4.69, 9.17) is 4.52 Å². The van der Waals surface area contributed by atoms with Crippen LogP contribution in [0.4, 0.5) is 0 Å². The predicted octanol–water partition coefficient (Wildman–Crippen LogP) is 3.67. The van der Waals surface area contributed by atoms with Crippen LogP contribution in [0.25, 0.3) is 0 Å². The molecule has 0 radical (unpaired) electrons. The van der Waals surface area contributed by atoms with E-state index in [-0.39, 0.29) is 17.4 Å². The van der Waals surface area contributed by atoms with Crippen LogP contribution in [0.5, 0.6) is 0 Å². The first-order valence-corrected chi connectivity index (χ1v) is 10.6. The van der Waals surface area contributed by atoms with Crippen LogP contribution >= 0.6 is 0 Å². The molecule has 2 heterocycles. The molecule has 4 rings (SSSR count). The van der Waals surface area contributed by atoms with Crippen LogP contribution in [-0.2, 0) is 6.42 Å². The van der Waals surface area contributed by atoms with Crippen LogP contribution < -0.4 is 5.32 Å². The van der Waals surface area contributed by atoms with Crippen molar-refractivity contribution in [2.24, 2.45) is 5.92 Å². The zero-order valence-corrected chi connectivity index (χ0v) is 17.5. The molecule has 1 aliphatic carbocycles. The number of nitrogens with zero attached hydrogens (tertiary/aromatic N) is 2. The number of aryl methyl sites for hydroxylation is 2. The molecule has 1 aromatic heterocycles. The molecular formula is C23H29N3O3. The lowest BCUT2D eigenvalue weighted by Gasteiger charge is -2.39. The summed E-state index contributed by atoms with van der Waals surface area (Å²) in [5, 5.41) is 7.16. The summed E-state index contributed by atoms with van der Waals surface area (Å²) >= 11 is 0. The summed E-state index contributed by atoms with van der Waals surface area (Å²) in [5.41, 5.74) is 3.09. The van der Waals surface area contributed by atoms with Crippen molar-refractivity contribution in [2.45, 2.75) is 58.4 Å². The summed E-state index contributed by atoms with van der Waals surface area (Å²) in [7, 11) is 0. The van der Waals surface area contributed by atoms with Crippen LogP contribution in [-0.4, -0.2) is 40.5 Å². The fraction of sp³-hybridized carbons (Fsp3) is 0.522. The van der Waals surface area contributed by atoms with Gasteiger partial charge in [0.1, 0.15) is 0 Å². The molecule has 2 aliphatic rings. The molecule has 1 saturated carbocycles. The Morgan fingerprint density at radius 2 is 2.03 bits per heavy atom. The van der Waals surface area contributed by atoms with Gasteiger partial charge in [-0.3, -0.25) is 9.59 Å². The minimum atomic E-state index is -0.341. The highest BCUT2D eigenvalue weighted by atomic mass is 16.5. The number of hydrogen-bond donors (Lipinski definition) is 1. The lowest BCUT2D eigenvalue weighted by atomic mass is 9.79. The van der Waals surface area contributed by atoms with E-state index < -0.39 is 0 Å². The Bertz CT molecular complexity index is 918. The van der Waals surface area contributed by atoms with Crippen molar-refractivity contribution in [3.63, 3.8) is 0 Å². The summed E-state index contributed by atoms with van der Waals surface area (Å²) in [6.45, 7) is 7.09. The second-order valence-corrected chi connectivity index (χ2v) is 8.59. The minimum Gasteiger partial charge on any atom is -0.350 e. The number of hydrogen-bond acceptors (Lipinski definition) is 4. The Morgan fingerprint density at radius 3 is 2.72 bits per heavy atom. The zero-order chi connectivity index (χ0) is 20.6. The maximum absolute atomic E-state index is 13.4. The number of likely N-dealkylation sites (tertiary alicyclic amines) is 1. The number of benzene rings is 1. The summed E-state index contributed by atoms with van der Waals surface area (Å²) < 4.78 is 5.43. The van der Waals surface area contributed by atoms with E-state index in [2.05, 4.69) is 10.5 Å². The van der Waals surface area contributed by atoms with Crippen molar-refractivity contribution in [3.8, 4) is 0 Å². The Labute approximate surface area is 171 Å². The number of amides is 2. The molecule has 2 unspecified atom stereocenters. The Morgan fingerprint density at radius 1 is 1.28 bits per heavy atom. The topological polar surface area (TPSA) is 75.4 Å². The maximum atomic E-state index is 13.4. The second-order valence-electron chi connectivity index (χ2n) is 8.59. The second kappa shape index (κ2) is 7.65. The van der Waals surface area contributed by atoms with Crippen molar-refractivity contribution in [2.75, 3.05) is 13.1 Å². The van der Waals surface area contributed by atoms with E-state index in [1.54, 1.807) is 0 Å². The highest BCUT2D eigenvalue weighted by molar-refractivity contribution is 5.95. The first-order chi connectivity index (χ1) is 13.9. The van der Waals surface area contributed by atoms with Gasteiger partial charge in [-0.25, -0.2) is 0 Å². The maximum Gasteiger partial charge on any atom is 0.293 e. The number of carbonyl (C=O) groups excluding carboxylic acids is 2. The molecule has 2 aromatic rings. The van der Waals surface area contributed by atoms with Crippen LogP contribution in [0.15, 0.2) is 28.8 Å². The molecule has 1 N–H and O–H groups in total. The number of rotatable bonds is 5. The predicted molar refractivity (Wildman–Crippen MR) is 110 cm³/mol. The molecule has 1 aromatic carbocycles. The van der Waals surface area contributed by atoms with Gasteiger partial charge in [-0.2, -0.15) is 0 Å². The third kappa shape index (κ3) is 3.56. The molecule has 1 aliphatic heterocycles. The SMILES string of the molecule is CCc1noc(C(=O)N2CC3CCCC2(CNC(=O)c2ccc(C)cc2)C3)c1C. The largest absolute Gasteiger partial charge is 0.350 e. The van der Waals surface area contributed by atoms with Crippen molar-refractivity contribution in [1.82, 2.24) is 15.4 Å². The van der Waals surface area contributed by atoms with Gasteiger partial charge < -0.3 is 14.7 Å². The molecule has 29 heavy (non-hydrogen) atoms. The zero-order valence-electron chi connectivity index (χ0n) is 17.5. The fourth-order valence-corrected chi connectivity index (χ4v) is 4.94. The molecule has 154 valence electrons. The van der Waals surface area contributed by atoms with E-state index in [9.17, 15) is 9.59 Å². The number of carbonyl (C=O) groups is 2. The molecule has 6 nitrogen and oxygen atoms in total. The smallest absolute Gasteiger partial charge is 0.293 e. The summed E-state index contributed by atoms with van der Waals surface area (Å²) in [6.07, 6.45) is 4.78. The minimum absolute atomic E-state index is 0.0927. The molecule has 0 spiro atoms. The quantitative estimate of drug-likeness (QED) is 0.838. The van der Waals surface area contributed by atoms with Crippen molar-refractivity contribution in [3.05, 3.63) is 52.4 Å². The molecular weight excluding hydrogens is 366 g/mol. The molecule has 2 atom stereocenters. The molecule has 2 fully saturated rings. The molecule has 1 saturated heterocycles. The van der Waals surface area contributed by atoms with Crippen molar-refractivity contribution < 1.29 is 14.1 Å². The monoisotopic (exact) mass is 395 g/mol. The van der Waals surface area contributed by atoms with E-state index >= 15 is 0 Å². The highest BCUT2D eigenvalue weighted by Crippen LogP contribution is 2.44. The fourth-order valence-electron chi connectivity index (χ4n) is 4.94. The van der Waals surface area contributed by atoms with Gasteiger partial charge in [0.15, 0.2) is 0 Å². The standard InChI is InChI=1S/C23H29N3O3/c1-4-19-16(3)20(29-25-19)22(28)26-13-17-6-5-11-23(26,12-17)14-24-21(27)18-9-7-15(2)8-10-18/h7-10,17H,4-6,11-14H2,1-3H3,(H,24,27). The molecule has 6 heteroatoms. The van der Waals surface area contributed by atoms with E-state index in [0.29, 0.717) is 23.8 Å². The third-order valence-electron chi connectivity index (χ3n) is 6.62. The number of fused-ring (bicyclic) bond motifs is 2. The van der Waals surface area contributed by atoms with Crippen LogP contribution in [0.3, 0.4) is 0 Å². The Hall–Kier alpha value is -2.63. The first-order valence-electron chi connectivity index (χ1n) is 10.6. The van der Waals surface area contributed by atoms with E-state index in [1.807, 2.05) is 49.9 Å². The van der Waals surface area contributed by atoms with E-state index in [1.165, 1.54) is 0 Å². The Balaban J connectivity index is 1.54. The normalized spacial score (nSPS) is 23.3. The lowest BCUT2D eigenvalue weighted by Crippen LogP contribution is -2.54. The van der Waals surface area contributed by atoms with Gasteiger partial charge in [0, 0.05) is 24.2 Å². The van der Waals surface area contributed by atoms with Gasteiger partial charge in [-0.1, -0.05) is 36.2 Å². The first kappa shape index (κ1) is 19.7. The van der Waals surface area contributed by atoms with E-state index in [0.717, 1.165) is 55.5 Å². The average Bonchev–Trinajstić information content (AvgIpc) is 3.22. The van der Waals surface area contributed by atoms with Gasteiger partial charge in [0.2, 0.25) is 5.76 Å². The number of nitrogens with one attached hydrogen (secondary N) is 1. The summed E-state index contributed by atoms with van der Waals surface area (Å²) in [6, 6.07) is 7.56. The Kier molecular flexibility index (Phi) is 5.19. The summed E-state index contributed by atoms with van der Waals surface area (Å²) in [5.74, 6) is 0.644. The van der Waals surface area contributed by atoms with Gasteiger partial charge in [0.05, 0.1) is 11.2 Å². The molecule has 2 amide bonds. The van der Waals surface area contributed by atoms with Crippen LogP contribution in [0.2, 0.25) is 0 Å². The van der Waals surface area contributed by atoms with Crippen molar-refractivity contribution >= 4 is 11.8 Å². The van der Waals surface area contributed by atoms with Gasteiger partial charge in [-0.05, 0) is 57.6 Å². The highest BCUT2D eigenvalue weighted by Gasteiger charge is 2.51. The van der Waals surface area contributed by atoms with Crippen LogP contribution in [0, 0.1) is 19.8 Å². The number of aromatic nitrogens is 1. The third-order valence-corrected chi connectivity index (χ3v) is 6.62. The lowest BCUT2D eigenvalue weighted by molar-refractivity contribution is 0.0517. The van der Waals surface area contributed by atoms with Gasteiger partial charge in [-0.15, -0.1) is 0 Å². The summed E-state index contributed by atoms with van der Waals surface area (Å²) in [4.78, 5) is 28.0. The average molecular weight is 396 g/mol. The van der Waals surface area contributed by atoms with Crippen LogP contribution in [0.1, 0.15) is 70.3 Å². The van der Waals surface area contributed by atoms with Gasteiger partial charge >= 0.3 is 0 Å². The molecule has 2 bridgehead atoms.